The van der Waals surface area contributed by atoms with Gasteiger partial charge in [-0.1, -0.05) is 36.4 Å². The predicted octanol–water partition coefficient (Wildman–Crippen LogP) is 4.25. The van der Waals surface area contributed by atoms with Gasteiger partial charge in [0.25, 0.3) is 0 Å². The Bertz CT molecular complexity index is 905. The molecule has 0 spiro atoms. The van der Waals surface area contributed by atoms with Crippen molar-refractivity contribution in [3.63, 3.8) is 0 Å². The number of pyridine rings is 1. The van der Waals surface area contributed by atoms with Crippen molar-refractivity contribution in [2.24, 2.45) is 0 Å². The fraction of sp³-hybridized carbons (Fsp3) is 0.0909. The van der Waals surface area contributed by atoms with Gasteiger partial charge >= 0.3 is 5.97 Å². The van der Waals surface area contributed by atoms with Gasteiger partial charge in [0.1, 0.15) is 5.75 Å². The van der Waals surface area contributed by atoms with Crippen LogP contribution in [0.25, 0.3) is 12.2 Å². The molecule has 27 heavy (non-hydrogen) atoms. The van der Waals surface area contributed by atoms with E-state index in [1.807, 2.05) is 42.5 Å². The molecule has 0 amide bonds. The van der Waals surface area contributed by atoms with Crippen LogP contribution in [0.1, 0.15) is 11.1 Å². The average Bonchev–Trinajstić information content (AvgIpc) is 2.72. The SMILES string of the molecule is COc1ccccc1OCC(=O)Oc1ccc(/C=C/c2ccncc2)cc1. The molecule has 0 N–H and O–H groups in total. The number of benzene rings is 2. The van der Waals surface area contributed by atoms with Crippen molar-refractivity contribution in [1.29, 1.82) is 0 Å². The van der Waals surface area contributed by atoms with Crippen LogP contribution >= 0.6 is 0 Å². The van der Waals surface area contributed by atoms with Crippen molar-refractivity contribution < 1.29 is 19.0 Å². The highest BCUT2D eigenvalue weighted by molar-refractivity contribution is 5.74. The van der Waals surface area contributed by atoms with Gasteiger partial charge in [-0.25, -0.2) is 4.79 Å². The number of esters is 1. The van der Waals surface area contributed by atoms with Crippen molar-refractivity contribution in [2.45, 2.75) is 0 Å². The summed E-state index contributed by atoms with van der Waals surface area (Å²) < 4.78 is 15.9. The number of aromatic nitrogens is 1. The van der Waals surface area contributed by atoms with E-state index in [9.17, 15) is 4.79 Å². The van der Waals surface area contributed by atoms with Crippen molar-refractivity contribution in [3.05, 3.63) is 84.2 Å². The van der Waals surface area contributed by atoms with E-state index in [0.29, 0.717) is 17.2 Å². The molecule has 0 aliphatic carbocycles. The summed E-state index contributed by atoms with van der Waals surface area (Å²) in [5.74, 6) is 1.04. The highest BCUT2D eigenvalue weighted by Crippen LogP contribution is 2.25. The van der Waals surface area contributed by atoms with Crippen LogP contribution in [0.5, 0.6) is 17.2 Å². The molecule has 1 aromatic heterocycles. The summed E-state index contributed by atoms with van der Waals surface area (Å²) in [4.78, 5) is 16.0. The summed E-state index contributed by atoms with van der Waals surface area (Å²) in [6, 6.07) is 18.2. The highest BCUT2D eigenvalue weighted by Gasteiger charge is 2.09. The summed E-state index contributed by atoms with van der Waals surface area (Å²) in [5.41, 5.74) is 2.06. The Morgan fingerprint density at radius 3 is 2.19 bits per heavy atom. The first kappa shape index (κ1) is 18.2. The second kappa shape index (κ2) is 9.20. The second-order valence-corrected chi connectivity index (χ2v) is 5.60. The van der Waals surface area contributed by atoms with Crippen molar-refractivity contribution in [2.75, 3.05) is 13.7 Å². The Labute approximate surface area is 157 Å². The maximum Gasteiger partial charge on any atom is 0.349 e. The monoisotopic (exact) mass is 361 g/mol. The number of methoxy groups -OCH3 is 1. The Kier molecular flexibility index (Phi) is 6.20. The lowest BCUT2D eigenvalue weighted by Gasteiger charge is -2.10. The number of ether oxygens (including phenoxy) is 3. The van der Waals surface area contributed by atoms with E-state index < -0.39 is 5.97 Å². The molecule has 0 radical (unpaired) electrons. The van der Waals surface area contributed by atoms with Gasteiger partial charge in [0.15, 0.2) is 18.1 Å². The van der Waals surface area contributed by atoms with Crippen LogP contribution in [0, 0.1) is 0 Å². The van der Waals surface area contributed by atoms with E-state index in [0.717, 1.165) is 11.1 Å². The molecule has 1 heterocycles. The lowest BCUT2D eigenvalue weighted by Crippen LogP contribution is -2.17. The van der Waals surface area contributed by atoms with Crippen molar-refractivity contribution >= 4 is 18.1 Å². The molecule has 0 aliphatic heterocycles. The van der Waals surface area contributed by atoms with Crippen LogP contribution in [0.4, 0.5) is 0 Å². The third-order valence-corrected chi connectivity index (χ3v) is 3.70. The lowest BCUT2D eigenvalue weighted by atomic mass is 10.1. The fourth-order valence-corrected chi connectivity index (χ4v) is 2.35. The number of carbonyl (C=O) groups excluding carboxylic acids is 1. The van der Waals surface area contributed by atoms with Gasteiger partial charge < -0.3 is 14.2 Å². The standard InChI is InChI=1S/C22H19NO4/c1-25-20-4-2-3-5-21(20)26-16-22(24)27-19-10-8-17(9-11-19)6-7-18-12-14-23-15-13-18/h2-15H,16H2,1H3/b7-6+. The molecule has 136 valence electrons. The summed E-state index contributed by atoms with van der Waals surface area (Å²) in [6.07, 6.45) is 7.46. The van der Waals surface area contributed by atoms with Crippen LogP contribution in [0.15, 0.2) is 73.1 Å². The molecule has 0 fully saturated rings. The van der Waals surface area contributed by atoms with Crippen LogP contribution in [-0.4, -0.2) is 24.7 Å². The molecule has 5 heteroatoms. The molecule has 5 nitrogen and oxygen atoms in total. The van der Waals surface area contributed by atoms with E-state index in [1.54, 1.807) is 49.8 Å². The molecular formula is C22H19NO4. The average molecular weight is 361 g/mol. The highest BCUT2D eigenvalue weighted by atomic mass is 16.6. The molecular weight excluding hydrogens is 342 g/mol. The van der Waals surface area contributed by atoms with Gasteiger partial charge in [0.05, 0.1) is 7.11 Å². The van der Waals surface area contributed by atoms with Crippen LogP contribution < -0.4 is 14.2 Å². The lowest BCUT2D eigenvalue weighted by molar-refractivity contribution is -0.136. The molecule has 0 aliphatic rings. The maximum absolute atomic E-state index is 12.0. The van der Waals surface area contributed by atoms with E-state index in [2.05, 4.69) is 4.98 Å². The van der Waals surface area contributed by atoms with Gasteiger partial charge in [0.2, 0.25) is 0 Å². The number of hydrogen-bond acceptors (Lipinski definition) is 5. The van der Waals surface area contributed by atoms with E-state index in [4.69, 9.17) is 14.2 Å². The number of rotatable bonds is 7. The third kappa shape index (κ3) is 5.44. The number of carbonyl (C=O) groups is 1. The number of hydrogen-bond donors (Lipinski definition) is 0. The van der Waals surface area contributed by atoms with E-state index in [1.165, 1.54) is 0 Å². The molecule has 3 aromatic rings. The van der Waals surface area contributed by atoms with Crippen molar-refractivity contribution in [3.8, 4) is 17.2 Å². The topological polar surface area (TPSA) is 57.7 Å². The molecule has 0 saturated heterocycles. The normalized spacial score (nSPS) is 10.6. The Balaban J connectivity index is 1.53. The van der Waals surface area contributed by atoms with Crippen molar-refractivity contribution in [1.82, 2.24) is 4.98 Å². The summed E-state index contributed by atoms with van der Waals surface area (Å²) >= 11 is 0. The largest absolute Gasteiger partial charge is 0.493 e. The zero-order chi connectivity index (χ0) is 18.9. The molecule has 3 rings (SSSR count). The van der Waals surface area contributed by atoms with Crippen LogP contribution in [0.2, 0.25) is 0 Å². The van der Waals surface area contributed by atoms with Gasteiger partial charge in [-0.15, -0.1) is 0 Å². The Morgan fingerprint density at radius 2 is 1.52 bits per heavy atom. The maximum atomic E-state index is 12.0. The van der Waals surface area contributed by atoms with Gasteiger partial charge in [-0.2, -0.15) is 0 Å². The van der Waals surface area contributed by atoms with E-state index >= 15 is 0 Å². The first-order chi connectivity index (χ1) is 13.2. The summed E-state index contributed by atoms with van der Waals surface area (Å²) in [5, 5.41) is 0. The molecule has 0 atom stereocenters. The summed E-state index contributed by atoms with van der Waals surface area (Å²) in [7, 11) is 1.55. The Morgan fingerprint density at radius 1 is 0.889 bits per heavy atom. The minimum atomic E-state index is -0.485. The zero-order valence-electron chi connectivity index (χ0n) is 14.9. The first-order valence-corrected chi connectivity index (χ1v) is 8.39. The summed E-state index contributed by atoms with van der Waals surface area (Å²) in [6.45, 7) is -0.204. The zero-order valence-corrected chi connectivity index (χ0v) is 14.9. The van der Waals surface area contributed by atoms with Gasteiger partial charge in [-0.3, -0.25) is 4.98 Å². The molecule has 0 unspecified atom stereocenters. The van der Waals surface area contributed by atoms with Gasteiger partial charge in [-0.05, 0) is 47.5 Å². The third-order valence-electron chi connectivity index (χ3n) is 3.70. The van der Waals surface area contributed by atoms with E-state index in [-0.39, 0.29) is 6.61 Å². The smallest absolute Gasteiger partial charge is 0.349 e. The molecule has 0 bridgehead atoms. The molecule has 0 saturated carbocycles. The van der Waals surface area contributed by atoms with Gasteiger partial charge in [0, 0.05) is 12.4 Å². The number of para-hydroxylation sites is 2. The number of nitrogens with zero attached hydrogens (tertiary/aromatic N) is 1. The minimum absolute atomic E-state index is 0.204. The Hall–Kier alpha value is -3.60. The van der Waals surface area contributed by atoms with Crippen LogP contribution in [0.3, 0.4) is 0 Å². The quantitative estimate of drug-likeness (QED) is 0.465. The predicted molar refractivity (Wildman–Crippen MR) is 104 cm³/mol. The van der Waals surface area contributed by atoms with Crippen LogP contribution in [-0.2, 0) is 4.79 Å². The second-order valence-electron chi connectivity index (χ2n) is 5.60. The fourth-order valence-electron chi connectivity index (χ4n) is 2.35. The molecule has 2 aromatic carbocycles. The first-order valence-electron chi connectivity index (χ1n) is 8.39. The minimum Gasteiger partial charge on any atom is -0.493 e.